The Labute approximate surface area is 294 Å². The van der Waals surface area contributed by atoms with Crippen LogP contribution in [0.3, 0.4) is 0 Å². The molecule has 6 rings (SSSR count). The number of rotatable bonds is 7. The topological polar surface area (TPSA) is 60.5 Å². The molecule has 0 unspecified atom stereocenters. The van der Waals surface area contributed by atoms with Gasteiger partial charge in [-0.25, -0.2) is 0 Å². The Bertz CT molecular complexity index is 1730. The van der Waals surface area contributed by atoms with E-state index in [2.05, 4.69) is 145 Å². The summed E-state index contributed by atoms with van der Waals surface area (Å²) >= 11 is 0. The highest BCUT2D eigenvalue weighted by molar-refractivity contribution is 5.72. The summed E-state index contributed by atoms with van der Waals surface area (Å²) in [7, 11) is 4.38. The first-order valence-electron chi connectivity index (χ1n) is 17.9. The van der Waals surface area contributed by atoms with Crippen molar-refractivity contribution in [1.82, 2.24) is 19.6 Å². The number of aryl methyl sites for hydroxylation is 2. The molecule has 2 heterocycles. The number of nitrogens with zero attached hydrogens (tertiary/aromatic N) is 6. The van der Waals surface area contributed by atoms with E-state index in [1.54, 1.807) is 0 Å². The van der Waals surface area contributed by atoms with Crippen LogP contribution in [0.1, 0.15) is 53.1 Å². The van der Waals surface area contributed by atoms with E-state index in [-0.39, 0.29) is 0 Å². The quantitative estimate of drug-likeness (QED) is 0.205. The molecule has 2 aliphatic heterocycles. The Kier molecular flexibility index (Phi) is 13.2. The normalized spacial score (nSPS) is 16.4. The lowest BCUT2D eigenvalue weighted by Crippen LogP contribution is -2.28. The van der Waals surface area contributed by atoms with Crippen LogP contribution in [-0.4, -0.2) is 86.1 Å². The van der Waals surface area contributed by atoms with Crippen LogP contribution in [0.5, 0.6) is 0 Å². The van der Waals surface area contributed by atoms with E-state index < -0.39 is 0 Å². The molecule has 4 aromatic rings. The second kappa shape index (κ2) is 17.9. The third kappa shape index (κ3) is 10.3. The van der Waals surface area contributed by atoms with Gasteiger partial charge in [0, 0.05) is 39.3 Å². The Morgan fingerprint density at radius 1 is 0.531 bits per heavy atom. The van der Waals surface area contributed by atoms with E-state index >= 15 is 0 Å². The molecule has 2 aliphatic rings. The minimum atomic E-state index is 0.767. The molecular formula is C43H52N6. The lowest BCUT2D eigenvalue weighted by atomic mass is 9.97. The maximum Gasteiger partial charge on any atom is 0.0998 e. The van der Waals surface area contributed by atoms with Gasteiger partial charge in [-0.3, -0.25) is 9.80 Å². The van der Waals surface area contributed by atoms with Crippen LogP contribution < -0.4 is 0 Å². The van der Waals surface area contributed by atoms with Crippen molar-refractivity contribution in [3.05, 3.63) is 118 Å². The molecule has 0 spiro atoms. The van der Waals surface area contributed by atoms with Gasteiger partial charge in [0.1, 0.15) is 0 Å². The molecule has 254 valence electrons. The van der Waals surface area contributed by atoms with Gasteiger partial charge < -0.3 is 9.80 Å². The van der Waals surface area contributed by atoms with E-state index in [9.17, 15) is 10.5 Å². The highest BCUT2D eigenvalue weighted by Gasteiger charge is 2.15. The van der Waals surface area contributed by atoms with Gasteiger partial charge in [-0.1, -0.05) is 85.3 Å². The van der Waals surface area contributed by atoms with Gasteiger partial charge in [0.05, 0.1) is 23.3 Å². The van der Waals surface area contributed by atoms with Gasteiger partial charge in [0.25, 0.3) is 0 Å². The van der Waals surface area contributed by atoms with Gasteiger partial charge in [0.2, 0.25) is 0 Å². The average Bonchev–Trinajstić information content (AvgIpc) is 3.47. The average molecular weight is 653 g/mol. The molecule has 0 bridgehead atoms. The maximum atomic E-state index is 9.62. The smallest absolute Gasteiger partial charge is 0.0998 e. The number of hydrogen-bond donors (Lipinski definition) is 0. The zero-order valence-electron chi connectivity index (χ0n) is 30.0. The summed E-state index contributed by atoms with van der Waals surface area (Å²) < 4.78 is 0. The van der Waals surface area contributed by atoms with Gasteiger partial charge in [-0.2, -0.15) is 10.5 Å². The van der Waals surface area contributed by atoms with E-state index in [0.717, 1.165) is 92.2 Å². The highest BCUT2D eigenvalue weighted by Crippen LogP contribution is 2.27. The summed E-state index contributed by atoms with van der Waals surface area (Å²) in [4.78, 5) is 9.77. The van der Waals surface area contributed by atoms with Crippen molar-refractivity contribution in [2.24, 2.45) is 0 Å². The minimum Gasteiger partial charge on any atom is -0.305 e. The lowest BCUT2D eigenvalue weighted by Gasteiger charge is -2.20. The second-order valence-electron chi connectivity index (χ2n) is 13.8. The summed E-state index contributed by atoms with van der Waals surface area (Å²) in [6.07, 6.45) is 3.46. The van der Waals surface area contributed by atoms with Gasteiger partial charge in [-0.15, -0.1) is 0 Å². The van der Waals surface area contributed by atoms with E-state index in [0.29, 0.717) is 0 Å². The van der Waals surface area contributed by atoms with Crippen molar-refractivity contribution in [3.8, 4) is 34.4 Å². The molecular weight excluding hydrogens is 601 g/mol. The SMILES string of the molecule is CCc1ccc(-c2ccc(CN3CCCN(C)CC3)cc2C#N)cc1.Cc1ccc(-c2ccc(CN3CCCN(C)CC3)cc2C#N)cc1. The standard InChI is InChI=1S/C22H27N3.C21H25N3/c1-3-18-5-8-20(9-6-18)22-10-7-19(15-21(22)16-23)17-25-12-4-11-24(2)13-14-25;1-17-4-7-19(8-5-17)21-9-6-18(14-20(21)15-22)16-24-11-3-10-23(2)12-13-24/h5-10,15H,3-4,11-14,17H2,1-2H3;4-9,14H,3,10-13,16H2,1-2H3. The monoisotopic (exact) mass is 652 g/mol. The van der Waals surface area contributed by atoms with Crippen LogP contribution in [0.4, 0.5) is 0 Å². The van der Waals surface area contributed by atoms with E-state index in [4.69, 9.17) is 0 Å². The number of hydrogen-bond acceptors (Lipinski definition) is 6. The first-order valence-corrected chi connectivity index (χ1v) is 17.9. The van der Waals surface area contributed by atoms with Gasteiger partial charge in [-0.05, 0) is 118 Å². The molecule has 0 N–H and O–H groups in total. The van der Waals surface area contributed by atoms with Crippen LogP contribution in [0, 0.1) is 29.6 Å². The Balaban J connectivity index is 0.000000191. The summed E-state index contributed by atoms with van der Waals surface area (Å²) in [5.41, 5.74) is 10.8. The van der Waals surface area contributed by atoms with Gasteiger partial charge in [0.15, 0.2) is 0 Å². The third-order valence-electron chi connectivity index (χ3n) is 9.88. The molecule has 0 aliphatic carbocycles. The highest BCUT2D eigenvalue weighted by atomic mass is 15.2. The summed E-state index contributed by atoms with van der Waals surface area (Å²) in [5, 5.41) is 19.2. The second-order valence-corrected chi connectivity index (χ2v) is 13.8. The molecule has 4 aromatic carbocycles. The zero-order chi connectivity index (χ0) is 34.6. The zero-order valence-corrected chi connectivity index (χ0v) is 30.0. The summed E-state index contributed by atoms with van der Waals surface area (Å²) in [5.74, 6) is 0. The summed E-state index contributed by atoms with van der Waals surface area (Å²) in [6, 6.07) is 34.4. The number of benzene rings is 4. The molecule has 2 saturated heterocycles. The molecule has 0 saturated carbocycles. The van der Waals surface area contributed by atoms with Crippen molar-refractivity contribution in [1.29, 1.82) is 10.5 Å². The molecule has 49 heavy (non-hydrogen) atoms. The Morgan fingerprint density at radius 3 is 1.39 bits per heavy atom. The van der Waals surface area contributed by atoms with E-state index in [1.807, 2.05) is 0 Å². The molecule has 6 nitrogen and oxygen atoms in total. The fourth-order valence-electron chi connectivity index (χ4n) is 6.75. The van der Waals surface area contributed by atoms with Crippen molar-refractivity contribution < 1.29 is 0 Å². The third-order valence-corrected chi connectivity index (χ3v) is 9.88. The molecule has 2 fully saturated rings. The predicted molar refractivity (Wildman–Crippen MR) is 202 cm³/mol. The fourth-order valence-corrected chi connectivity index (χ4v) is 6.75. The van der Waals surface area contributed by atoms with Crippen LogP contribution in [0.15, 0.2) is 84.9 Å². The minimum absolute atomic E-state index is 0.767. The molecule has 0 atom stereocenters. The van der Waals surface area contributed by atoms with Crippen LogP contribution in [0.2, 0.25) is 0 Å². The largest absolute Gasteiger partial charge is 0.305 e. The van der Waals surface area contributed by atoms with Crippen molar-refractivity contribution >= 4 is 0 Å². The van der Waals surface area contributed by atoms with Crippen LogP contribution >= 0.6 is 0 Å². The van der Waals surface area contributed by atoms with Gasteiger partial charge >= 0.3 is 0 Å². The maximum absolute atomic E-state index is 9.62. The van der Waals surface area contributed by atoms with Crippen molar-refractivity contribution in [3.63, 3.8) is 0 Å². The molecule has 0 radical (unpaired) electrons. The Hall–Kier alpha value is -4.30. The lowest BCUT2D eigenvalue weighted by molar-refractivity contribution is 0.269. The molecule has 0 aromatic heterocycles. The van der Waals surface area contributed by atoms with Crippen molar-refractivity contribution in [2.45, 2.75) is 46.2 Å². The Morgan fingerprint density at radius 2 is 0.959 bits per heavy atom. The first kappa shape index (κ1) is 36.0. The van der Waals surface area contributed by atoms with Crippen LogP contribution in [-0.2, 0) is 19.5 Å². The van der Waals surface area contributed by atoms with Crippen LogP contribution in [0.25, 0.3) is 22.3 Å². The number of likely N-dealkylation sites (N-methyl/N-ethyl adjacent to an activating group) is 2. The predicted octanol–water partition coefficient (Wildman–Crippen LogP) is 7.60. The van der Waals surface area contributed by atoms with Crippen molar-refractivity contribution in [2.75, 3.05) is 66.5 Å². The fraction of sp³-hybridized carbons (Fsp3) is 0.395. The molecule has 0 amide bonds. The summed E-state index contributed by atoms with van der Waals surface area (Å²) in [6.45, 7) is 15.1. The first-order chi connectivity index (χ1) is 23.8. The molecule has 6 heteroatoms. The number of nitriles is 2. The van der Waals surface area contributed by atoms with E-state index in [1.165, 1.54) is 48.2 Å².